The Bertz CT molecular complexity index is 441. The molecule has 68 valence electrons. The molecule has 0 amide bonds. The van der Waals surface area contributed by atoms with Crippen molar-refractivity contribution in [2.24, 2.45) is 0 Å². The zero-order valence-corrected chi connectivity index (χ0v) is 8.47. The van der Waals surface area contributed by atoms with Gasteiger partial charge in [0.15, 0.2) is 4.96 Å². The molecule has 2 nitrogen and oxygen atoms in total. The monoisotopic (exact) mass is 192 g/mol. The van der Waals surface area contributed by atoms with Gasteiger partial charge in [0, 0.05) is 23.2 Å². The smallest absolute Gasteiger partial charge is 0.194 e. The summed E-state index contributed by atoms with van der Waals surface area (Å²) in [7, 11) is 0. The van der Waals surface area contributed by atoms with Gasteiger partial charge in [0.25, 0.3) is 0 Å². The number of thiazole rings is 1. The predicted molar refractivity (Wildman–Crippen MR) is 54.4 cm³/mol. The minimum absolute atomic E-state index is 0.663. The van der Waals surface area contributed by atoms with Crippen molar-refractivity contribution in [3.05, 3.63) is 23.0 Å². The van der Waals surface area contributed by atoms with Crippen molar-refractivity contribution >= 4 is 16.3 Å². The number of hydrogen-bond donors (Lipinski definition) is 0. The van der Waals surface area contributed by atoms with E-state index in [4.69, 9.17) is 0 Å². The highest BCUT2D eigenvalue weighted by atomic mass is 32.1. The summed E-state index contributed by atoms with van der Waals surface area (Å²) in [5, 5.41) is 2.11. The number of aromatic nitrogens is 2. The summed E-state index contributed by atoms with van der Waals surface area (Å²) >= 11 is 1.73. The SMILES string of the molecule is CC1CCCc2c1nc1sccn21. The van der Waals surface area contributed by atoms with Crippen molar-refractivity contribution in [1.29, 1.82) is 0 Å². The topological polar surface area (TPSA) is 17.3 Å². The Balaban J connectivity index is 2.31. The number of imidazole rings is 1. The summed E-state index contributed by atoms with van der Waals surface area (Å²) in [6.07, 6.45) is 5.97. The lowest BCUT2D eigenvalue weighted by atomic mass is 9.91. The van der Waals surface area contributed by atoms with E-state index < -0.39 is 0 Å². The van der Waals surface area contributed by atoms with Gasteiger partial charge in [-0.15, -0.1) is 11.3 Å². The van der Waals surface area contributed by atoms with Crippen LogP contribution in [0.2, 0.25) is 0 Å². The molecule has 0 aliphatic heterocycles. The van der Waals surface area contributed by atoms with Crippen molar-refractivity contribution < 1.29 is 0 Å². The third-order valence-electron chi connectivity index (χ3n) is 2.91. The molecule has 0 saturated carbocycles. The first-order valence-electron chi connectivity index (χ1n) is 4.80. The number of nitrogens with zero attached hydrogens (tertiary/aromatic N) is 2. The molecular formula is C10H12N2S. The zero-order valence-electron chi connectivity index (χ0n) is 7.66. The molecule has 13 heavy (non-hydrogen) atoms. The number of rotatable bonds is 0. The van der Waals surface area contributed by atoms with Crippen LogP contribution >= 0.6 is 11.3 Å². The Kier molecular flexibility index (Phi) is 1.50. The van der Waals surface area contributed by atoms with Crippen LogP contribution in [0.25, 0.3) is 4.96 Å². The van der Waals surface area contributed by atoms with Gasteiger partial charge in [-0.25, -0.2) is 4.98 Å². The van der Waals surface area contributed by atoms with Crippen molar-refractivity contribution in [2.45, 2.75) is 32.1 Å². The van der Waals surface area contributed by atoms with Crippen LogP contribution in [0.3, 0.4) is 0 Å². The van der Waals surface area contributed by atoms with Gasteiger partial charge in [-0.2, -0.15) is 0 Å². The van der Waals surface area contributed by atoms with E-state index in [0.29, 0.717) is 5.92 Å². The Morgan fingerprint density at radius 2 is 2.54 bits per heavy atom. The van der Waals surface area contributed by atoms with E-state index in [1.54, 1.807) is 11.3 Å². The Morgan fingerprint density at radius 1 is 1.62 bits per heavy atom. The second-order valence-electron chi connectivity index (χ2n) is 3.79. The number of hydrogen-bond acceptors (Lipinski definition) is 2. The summed E-state index contributed by atoms with van der Waals surface area (Å²) in [5.74, 6) is 0.663. The average Bonchev–Trinajstić information content (AvgIpc) is 2.65. The second kappa shape index (κ2) is 2.58. The lowest BCUT2D eigenvalue weighted by molar-refractivity contribution is 0.570. The normalized spacial score (nSPS) is 22.1. The second-order valence-corrected chi connectivity index (χ2v) is 4.67. The summed E-state index contributed by atoms with van der Waals surface area (Å²) in [5.41, 5.74) is 2.80. The summed E-state index contributed by atoms with van der Waals surface area (Å²) in [6.45, 7) is 2.29. The summed E-state index contributed by atoms with van der Waals surface area (Å²) in [6, 6.07) is 0. The first-order valence-corrected chi connectivity index (χ1v) is 5.68. The highest BCUT2D eigenvalue weighted by Gasteiger charge is 2.21. The van der Waals surface area contributed by atoms with E-state index in [1.165, 1.54) is 35.6 Å². The molecule has 0 saturated heterocycles. The highest BCUT2D eigenvalue weighted by Crippen LogP contribution is 2.32. The maximum absolute atomic E-state index is 4.68. The van der Waals surface area contributed by atoms with Crippen molar-refractivity contribution in [3.63, 3.8) is 0 Å². The molecular weight excluding hydrogens is 180 g/mol. The standard InChI is InChI=1S/C10H12N2S/c1-7-3-2-4-8-9(7)11-10-12(8)5-6-13-10/h5-7H,2-4H2,1H3. The molecule has 2 heterocycles. The maximum atomic E-state index is 4.68. The lowest BCUT2D eigenvalue weighted by Crippen LogP contribution is -2.07. The van der Waals surface area contributed by atoms with Crippen molar-refractivity contribution in [3.8, 4) is 0 Å². The van der Waals surface area contributed by atoms with Gasteiger partial charge >= 0.3 is 0 Å². The highest BCUT2D eigenvalue weighted by molar-refractivity contribution is 7.15. The van der Waals surface area contributed by atoms with Crippen LogP contribution in [0.1, 0.15) is 37.1 Å². The fraction of sp³-hybridized carbons (Fsp3) is 0.500. The number of fused-ring (bicyclic) bond motifs is 3. The van der Waals surface area contributed by atoms with E-state index in [-0.39, 0.29) is 0 Å². The third kappa shape index (κ3) is 0.967. The maximum Gasteiger partial charge on any atom is 0.194 e. The molecule has 1 atom stereocenters. The minimum Gasteiger partial charge on any atom is -0.294 e. The Hall–Kier alpha value is -0.830. The quantitative estimate of drug-likeness (QED) is 0.627. The molecule has 1 aliphatic carbocycles. The van der Waals surface area contributed by atoms with Gasteiger partial charge < -0.3 is 0 Å². The van der Waals surface area contributed by atoms with Crippen LogP contribution in [-0.2, 0) is 6.42 Å². The Morgan fingerprint density at radius 3 is 3.46 bits per heavy atom. The lowest BCUT2D eigenvalue weighted by Gasteiger charge is -2.16. The molecule has 0 aromatic carbocycles. The van der Waals surface area contributed by atoms with E-state index in [0.717, 1.165) is 0 Å². The first-order chi connectivity index (χ1) is 6.36. The third-order valence-corrected chi connectivity index (χ3v) is 3.67. The molecule has 0 fully saturated rings. The predicted octanol–water partition coefficient (Wildman–Crippen LogP) is 2.84. The molecule has 0 bridgehead atoms. The van der Waals surface area contributed by atoms with Crippen molar-refractivity contribution in [2.75, 3.05) is 0 Å². The zero-order chi connectivity index (χ0) is 8.84. The number of aryl methyl sites for hydroxylation is 1. The Labute approximate surface area is 81.2 Å². The largest absolute Gasteiger partial charge is 0.294 e. The summed E-state index contributed by atoms with van der Waals surface area (Å²) in [4.78, 5) is 5.84. The van der Waals surface area contributed by atoms with Crippen LogP contribution in [-0.4, -0.2) is 9.38 Å². The van der Waals surface area contributed by atoms with Gasteiger partial charge in [0.2, 0.25) is 0 Å². The van der Waals surface area contributed by atoms with E-state index >= 15 is 0 Å². The average molecular weight is 192 g/mol. The molecule has 1 unspecified atom stereocenters. The molecule has 0 N–H and O–H groups in total. The molecule has 1 aliphatic rings. The van der Waals surface area contributed by atoms with Gasteiger partial charge in [0.1, 0.15) is 0 Å². The summed E-state index contributed by atoms with van der Waals surface area (Å²) < 4.78 is 2.26. The van der Waals surface area contributed by atoms with E-state index in [1.807, 2.05) is 0 Å². The molecule has 0 radical (unpaired) electrons. The van der Waals surface area contributed by atoms with Gasteiger partial charge in [-0.1, -0.05) is 6.92 Å². The minimum atomic E-state index is 0.663. The van der Waals surface area contributed by atoms with Crippen LogP contribution in [0, 0.1) is 0 Å². The first kappa shape index (κ1) is 7.56. The van der Waals surface area contributed by atoms with Gasteiger partial charge in [-0.05, 0) is 19.3 Å². The van der Waals surface area contributed by atoms with E-state index in [9.17, 15) is 0 Å². The van der Waals surface area contributed by atoms with Crippen LogP contribution in [0.15, 0.2) is 11.6 Å². The van der Waals surface area contributed by atoms with Gasteiger partial charge in [-0.3, -0.25) is 4.40 Å². The molecule has 2 aromatic rings. The fourth-order valence-electron chi connectivity index (χ4n) is 2.20. The van der Waals surface area contributed by atoms with Gasteiger partial charge in [0.05, 0.1) is 5.69 Å². The fourth-order valence-corrected chi connectivity index (χ4v) is 2.94. The molecule has 0 spiro atoms. The van der Waals surface area contributed by atoms with E-state index in [2.05, 4.69) is 27.9 Å². The molecule has 3 rings (SSSR count). The molecule has 2 aromatic heterocycles. The van der Waals surface area contributed by atoms with Crippen LogP contribution < -0.4 is 0 Å². The molecule has 3 heteroatoms. The van der Waals surface area contributed by atoms with Crippen molar-refractivity contribution in [1.82, 2.24) is 9.38 Å². The van der Waals surface area contributed by atoms with Crippen LogP contribution in [0.4, 0.5) is 0 Å². The van der Waals surface area contributed by atoms with Crippen LogP contribution in [0.5, 0.6) is 0 Å².